The van der Waals surface area contributed by atoms with Gasteiger partial charge in [-0.1, -0.05) is 11.6 Å². The number of halogens is 1. The van der Waals surface area contributed by atoms with Gasteiger partial charge in [0.15, 0.2) is 0 Å². The summed E-state index contributed by atoms with van der Waals surface area (Å²) in [5.74, 6) is 1.40. The third-order valence-corrected chi connectivity index (χ3v) is 5.44. The first-order valence-corrected chi connectivity index (χ1v) is 9.05. The molecule has 1 saturated carbocycles. The molecule has 1 unspecified atom stereocenters. The van der Waals surface area contributed by atoms with Crippen molar-refractivity contribution < 1.29 is 9.47 Å². The Morgan fingerprint density at radius 2 is 2.12 bits per heavy atom. The molecule has 6 nitrogen and oxygen atoms in total. The molecule has 1 N–H and O–H groups in total. The van der Waals surface area contributed by atoms with Gasteiger partial charge in [-0.05, 0) is 50.9 Å². The molecule has 1 aromatic carbocycles. The molecular formula is C19H19ClN4O2. The summed E-state index contributed by atoms with van der Waals surface area (Å²) < 4.78 is 12.1. The van der Waals surface area contributed by atoms with Crippen LogP contribution in [0.1, 0.15) is 30.4 Å². The Balaban J connectivity index is 1.55. The first-order valence-electron chi connectivity index (χ1n) is 8.68. The number of piperidine rings is 1. The molecule has 2 aliphatic rings. The standard InChI is InChI=1S/C19H19ClN4O2/c1-12-17(25-15-3-2-13(9-21)8-14(15)20)23-11-24-18(12)26-16-4-7-22-10-19(16)5-6-19/h2-3,8,11,16,22H,4-7,10H2,1H3. The van der Waals surface area contributed by atoms with Crippen LogP contribution in [0.15, 0.2) is 24.5 Å². The van der Waals surface area contributed by atoms with E-state index < -0.39 is 0 Å². The van der Waals surface area contributed by atoms with Crippen LogP contribution in [0.4, 0.5) is 0 Å². The lowest BCUT2D eigenvalue weighted by Gasteiger charge is -2.32. The molecule has 2 aromatic rings. The van der Waals surface area contributed by atoms with Crippen molar-refractivity contribution in [2.45, 2.75) is 32.3 Å². The minimum absolute atomic E-state index is 0.170. The Hall–Kier alpha value is -2.36. The monoisotopic (exact) mass is 370 g/mol. The maximum Gasteiger partial charge on any atom is 0.229 e. The van der Waals surface area contributed by atoms with E-state index in [9.17, 15) is 0 Å². The number of hydrogen-bond donors (Lipinski definition) is 1. The molecule has 26 heavy (non-hydrogen) atoms. The van der Waals surface area contributed by atoms with E-state index in [4.69, 9.17) is 26.3 Å². The lowest BCUT2D eigenvalue weighted by molar-refractivity contribution is 0.0813. The van der Waals surface area contributed by atoms with Gasteiger partial charge in [0, 0.05) is 12.0 Å². The van der Waals surface area contributed by atoms with Crippen LogP contribution in [-0.4, -0.2) is 29.2 Å². The van der Waals surface area contributed by atoms with Crippen molar-refractivity contribution in [3.05, 3.63) is 40.7 Å². The molecule has 1 aliphatic heterocycles. The fraction of sp³-hybridized carbons (Fsp3) is 0.421. The molecule has 134 valence electrons. The van der Waals surface area contributed by atoms with Crippen LogP contribution in [0.25, 0.3) is 0 Å². The van der Waals surface area contributed by atoms with Gasteiger partial charge in [0.05, 0.1) is 22.2 Å². The normalized spacial score (nSPS) is 20.4. The highest BCUT2D eigenvalue weighted by Gasteiger charge is 2.52. The maximum absolute atomic E-state index is 8.94. The van der Waals surface area contributed by atoms with E-state index in [1.165, 1.54) is 19.2 Å². The average molecular weight is 371 g/mol. The van der Waals surface area contributed by atoms with Crippen molar-refractivity contribution >= 4 is 11.6 Å². The molecule has 0 radical (unpaired) electrons. The van der Waals surface area contributed by atoms with Crippen molar-refractivity contribution in [1.29, 1.82) is 5.26 Å². The van der Waals surface area contributed by atoms with Gasteiger partial charge in [0.2, 0.25) is 11.8 Å². The van der Waals surface area contributed by atoms with Gasteiger partial charge in [0.25, 0.3) is 0 Å². The highest BCUT2D eigenvalue weighted by atomic mass is 35.5. The predicted octanol–water partition coefficient (Wildman–Crippen LogP) is 3.62. The summed E-state index contributed by atoms with van der Waals surface area (Å²) in [5, 5.41) is 12.7. The molecule has 4 rings (SSSR count). The number of nitrogens with one attached hydrogen (secondary N) is 1. The zero-order valence-corrected chi connectivity index (χ0v) is 15.2. The molecule has 2 heterocycles. The Morgan fingerprint density at radius 3 is 2.85 bits per heavy atom. The van der Waals surface area contributed by atoms with Crippen molar-refractivity contribution in [2.24, 2.45) is 5.41 Å². The molecule has 1 saturated heterocycles. The van der Waals surface area contributed by atoms with E-state index in [1.54, 1.807) is 18.2 Å². The van der Waals surface area contributed by atoms with E-state index in [-0.39, 0.29) is 11.5 Å². The maximum atomic E-state index is 8.94. The van der Waals surface area contributed by atoms with Gasteiger partial charge in [-0.3, -0.25) is 0 Å². The summed E-state index contributed by atoms with van der Waals surface area (Å²) in [4.78, 5) is 8.52. The van der Waals surface area contributed by atoms with Crippen molar-refractivity contribution in [3.8, 4) is 23.6 Å². The topological polar surface area (TPSA) is 80.1 Å². The third kappa shape index (κ3) is 3.20. The number of nitrogens with zero attached hydrogens (tertiary/aromatic N) is 3. The third-order valence-electron chi connectivity index (χ3n) is 5.15. The van der Waals surface area contributed by atoms with Crippen LogP contribution in [0.5, 0.6) is 17.5 Å². The SMILES string of the molecule is Cc1c(Oc2ccc(C#N)cc2Cl)ncnc1OC1CCNCC12CC2. The summed E-state index contributed by atoms with van der Waals surface area (Å²) in [7, 11) is 0. The second-order valence-electron chi connectivity index (χ2n) is 6.90. The molecule has 1 aliphatic carbocycles. The van der Waals surface area contributed by atoms with Gasteiger partial charge in [-0.25, -0.2) is 9.97 Å². The van der Waals surface area contributed by atoms with E-state index in [1.807, 2.05) is 13.0 Å². The van der Waals surface area contributed by atoms with E-state index >= 15 is 0 Å². The summed E-state index contributed by atoms with van der Waals surface area (Å²) >= 11 is 6.19. The fourth-order valence-corrected chi connectivity index (χ4v) is 3.59. The van der Waals surface area contributed by atoms with Gasteiger partial charge >= 0.3 is 0 Å². The summed E-state index contributed by atoms with van der Waals surface area (Å²) in [5.41, 5.74) is 1.47. The van der Waals surface area contributed by atoms with E-state index in [2.05, 4.69) is 15.3 Å². The number of aromatic nitrogens is 2. The summed E-state index contributed by atoms with van der Waals surface area (Å²) in [6.07, 6.45) is 4.97. The van der Waals surface area contributed by atoms with E-state index in [0.717, 1.165) is 25.1 Å². The number of hydrogen-bond acceptors (Lipinski definition) is 6. The molecule has 2 fully saturated rings. The summed E-state index contributed by atoms with van der Waals surface area (Å²) in [6, 6.07) is 6.93. The first-order chi connectivity index (χ1) is 12.6. The van der Waals surface area contributed by atoms with Gasteiger partial charge in [-0.15, -0.1) is 0 Å². The zero-order chi connectivity index (χ0) is 18.1. The Kier molecular flexibility index (Phi) is 4.43. The van der Waals surface area contributed by atoms with Crippen molar-refractivity contribution in [1.82, 2.24) is 15.3 Å². The average Bonchev–Trinajstić information content (AvgIpc) is 3.42. The van der Waals surface area contributed by atoms with Crippen LogP contribution >= 0.6 is 11.6 Å². The van der Waals surface area contributed by atoms with Gasteiger partial charge < -0.3 is 14.8 Å². The highest BCUT2D eigenvalue weighted by molar-refractivity contribution is 6.32. The predicted molar refractivity (Wildman–Crippen MR) is 96.6 cm³/mol. The van der Waals surface area contributed by atoms with Crippen LogP contribution in [0, 0.1) is 23.7 Å². The molecule has 1 spiro atoms. The minimum atomic E-state index is 0.170. The lowest BCUT2D eigenvalue weighted by atomic mass is 9.93. The van der Waals surface area contributed by atoms with Crippen LogP contribution < -0.4 is 14.8 Å². The zero-order valence-electron chi connectivity index (χ0n) is 14.5. The molecule has 1 aromatic heterocycles. The quantitative estimate of drug-likeness (QED) is 0.885. The fourth-order valence-electron chi connectivity index (χ4n) is 3.37. The second-order valence-corrected chi connectivity index (χ2v) is 7.31. The van der Waals surface area contributed by atoms with Crippen LogP contribution in [0.3, 0.4) is 0 Å². The minimum Gasteiger partial charge on any atom is -0.473 e. The van der Waals surface area contributed by atoms with Crippen molar-refractivity contribution in [2.75, 3.05) is 13.1 Å². The molecule has 1 atom stereocenters. The highest BCUT2D eigenvalue weighted by Crippen LogP contribution is 2.51. The smallest absolute Gasteiger partial charge is 0.229 e. The van der Waals surface area contributed by atoms with E-state index in [0.29, 0.717) is 28.1 Å². The molecule has 7 heteroatoms. The number of nitriles is 1. The molecular weight excluding hydrogens is 352 g/mol. The second kappa shape index (κ2) is 6.75. The lowest BCUT2D eigenvalue weighted by Crippen LogP contribution is -2.44. The van der Waals surface area contributed by atoms with Crippen LogP contribution in [-0.2, 0) is 0 Å². The number of ether oxygens (including phenoxy) is 2. The largest absolute Gasteiger partial charge is 0.473 e. The Morgan fingerprint density at radius 1 is 1.31 bits per heavy atom. The van der Waals surface area contributed by atoms with Gasteiger partial charge in [-0.2, -0.15) is 5.26 Å². The van der Waals surface area contributed by atoms with Crippen molar-refractivity contribution in [3.63, 3.8) is 0 Å². The van der Waals surface area contributed by atoms with Crippen LogP contribution in [0.2, 0.25) is 5.02 Å². The first kappa shape index (κ1) is 17.1. The molecule has 0 amide bonds. The van der Waals surface area contributed by atoms with Gasteiger partial charge in [0.1, 0.15) is 18.2 Å². The number of benzene rings is 1. The Bertz CT molecular complexity index is 876. The molecule has 0 bridgehead atoms. The number of rotatable bonds is 4. The summed E-state index contributed by atoms with van der Waals surface area (Å²) in [6.45, 7) is 3.84. The Labute approximate surface area is 157 Å².